The van der Waals surface area contributed by atoms with Crippen molar-refractivity contribution in [2.24, 2.45) is 0 Å². The smallest absolute Gasteiger partial charge is 0.329 e. The molecule has 6 heteroatoms. The lowest BCUT2D eigenvalue weighted by Crippen LogP contribution is -2.51. The van der Waals surface area contributed by atoms with E-state index in [1.54, 1.807) is 32.0 Å². The zero-order valence-electron chi connectivity index (χ0n) is 12.0. The lowest BCUT2D eigenvalue weighted by molar-refractivity contribution is -0.143. The molecule has 2 rings (SSSR count). The lowest BCUT2D eigenvalue weighted by Gasteiger charge is -2.24. The number of hydrogen-bond acceptors (Lipinski definition) is 3. The molecule has 0 aliphatic rings. The molecule has 0 saturated heterocycles. The molecule has 0 aliphatic heterocycles. The van der Waals surface area contributed by atoms with Gasteiger partial charge < -0.3 is 14.8 Å². The lowest BCUT2D eigenvalue weighted by atomic mass is 9.99. The van der Waals surface area contributed by atoms with Crippen molar-refractivity contribution < 1.29 is 19.1 Å². The van der Waals surface area contributed by atoms with Gasteiger partial charge in [-0.3, -0.25) is 4.79 Å². The third-order valence-corrected chi connectivity index (χ3v) is 3.99. The molecule has 1 atom stereocenters. The molecule has 1 heterocycles. The van der Waals surface area contributed by atoms with Crippen molar-refractivity contribution in [2.75, 3.05) is 0 Å². The number of carbonyl (C=O) groups excluding carboxylic acids is 1. The van der Waals surface area contributed by atoms with E-state index in [0.717, 1.165) is 5.39 Å². The van der Waals surface area contributed by atoms with E-state index in [4.69, 9.17) is 16.0 Å². The summed E-state index contributed by atoms with van der Waals surface area (Å²) < 4.78 is 5.52. The van der Waals surface area contributed by atoms with Gasteiger partial charge in [-0.25, -0.2) is 4.79 Å². The monoisotopic (exact) mass is 309 g/mol. The van der Waals surface area contributed by atoms with Gasteiger partial charge in [0.1, 0.15) is 5.54 Å². The second-order valence-electron chi connectivity index (χ2n) is 5.12. The van der Waals surface area contributed by atoms with Crippen LogP contribution in [0, 0.1) is 6.92 Å². The molecule has 0 saturated carbocycles. The van der Waals surface area contributed by atoms with E-state index in [1.165, 1.54) is 6.92 Å². The van der Waals surface area contributed by atoms with Crippen molar-refractivity contribution >= 4 is 34.4 Å². The Morgan fingerprint density at radius 3 is 2.62 bits per heavy atom. The minimum absolute atomic E-state index is 0.0824. The Hall–Kier alpha value is -2.01. The van der Waals surface area contributed by atoms with Gasteiger partial charge >= 0.3 is 5.97 Å². The number of aryl methyl sites for hydroxylation is 1. The Morgan fingerprint density at radius 2 is 2.10 bits per heavy atom. The summed E-state index contributed by atoms with van der Waals surface area (Å²) in [6, 6.07) is 5.23. The van der Waals surface area contributed by atoms with E-state index >= 15 is 0 Å². The Kier molecular flexibility index (Phi) is 3.96. The molecule has 1 aromatic heterocycles. The van der Waals surface area contributed by atoms with Crippen LogP contribution in [-0.2, 0) is 4.79 Å². The van der Waals surface area contributed by atoms with Crippen LogP contribution in [0.4, 0.5) is 0 Å². The van der Waals surface area contributed by atoms with Crippen molar-refractivity contribution in [1.29, 1.82) is 0 Å². The van der Waals surface area contributed by atoms with Gasteiger partial charge in [0.25, 0.3) is 5.91 Å². The largest absolute Gasteiger partial charge is 0.480 e. The van der Waals surface area contributed by atoms with Crippen LogP contribution >= 0.6 is 11.6 Å². The first-order chi connectivity index (χ1) is 9.80. The molecule has 1 unspecified atom stereocenters. The van der Waals surface area contributed by atoms with E-state index in [-0.39, 0.29) is 12.2 Å². The molecule has 1 amide bonds. The number of benzene rings is 1. The van der Waals surface area contributed by atoms with Crippen molar-refractivity contribution in [3.63, 3.8) is 0 Å². The number of carbonyl (C=O) groups is 2. The van der Waals surface area contributed by atoms with Crippen LogP contribution in [0.2, 0.25) is 5.02 Å². The maximum absolute atomic E-state index is 12.3. The molecule has 0 fully saturated rings. The fourth-order valence-corrected chi connectivity index (χ4v) is 2.24. The standard InChI is InChI=1S/C15H16ClNO4/c1-4-15(3,14(19)20)17-13(18)11-8(2)9-6-5-7-10(16)12(9)21-11/h5-7H,4H2,1-3H3,(H,17,18)(H,19,20). The molecule has 0 bridgehead atoms. The summed E-state index contributed by atoms with van der Waals surface area (Å²) >= 11 is 6.04. The zero-order chi connectivity index (χ0) is 15.8. The van der Waals surface area contributed by atoms with Gasteiger partial charge in [0, 0.05) is 10.9 Å². The number of amides is 1. The van der Waals surface area contributed by atoms with Gasteiger partial charge in [0.05, 0.1) is 5.02 Å². The molecule has 21 heavy (non-hydrogen) atoms. The molecule has 0 aliphatic carbocycles. The fourth-order valence-electron chi connectivity index (χ4n) is 2.03. The fraction of sp³-hybridized carbons (Fsp3) is 0.333. The highest BCUT2D eigenvalue weighted by Crippen LogP contribution is 2.30. The van der Waals surface area contributed by atoms with Crippen LogP contribution in [0.15, 0.2) is 22.6 Å². The zero-order valence-corrected chi connectivity index (χ0v) is 12.7. The summed E-state index contributed by atoms with van der Waals surface area (Å²) in [5, 5.41) is 12.9. The van der Waals surface area contributed by atoms with Crippen LogP contribution < -0.4 is 5.32 Å². The van der Waals surface area contributed by atoms with Crippen LogP contribution in [0.3, 0.4) is 0 Å². The van der Waals surface area contributed by atoms with Gasteiger partial charge in [-0.1, -0.05) is 30.7 Å². The molecule has 0 radical (unpaired) electrons. The van der Waals surface area contributed by atoms with Gasteiger partial charge in [0.2, 0.25) is 0 Å². The van der Waals surface area contributed by atoms with Crippen molar-refractivity contribution in [3.05, 3.63) is 34.5 Å². The summed E-state index contributed by atoms with van der Waals surface area (Å²) in [6.45, 7) is 4.89. The molecule has 2 aromatic rings. The van der Waals surface area contributed by atoms with Gasteiger partial charge in [0.15, 0.2) is 11.3 Å². The number of furan rings is 1. The Labute approximate surface area is 126 Å². The predicted molar refractivity (Wildman–Crippen MR) is 79.8 cm³/mol. The minimum Gasteiger partial charge on any atom is -0.480 e. The van der Waals surface area contributed by atoms with E-state index in [0.29, 0.717) is 16.2 Å². The molecular formula is C15H16ClNO4. The average Bonchev–Trinajstić information content (AvgIpc) is 2.77. The molecule has 1 aromatic carbocycles. The highest BCUT2D eigenvalue weighted by atomic mass is 35.5. The Morgan fingerprint density at radius 1 is 1.43 bits per heavy atom. The predicted octanol–water partition coefficient (Wildman–Crippen LogP) is 3.38. The topological polar surface area (TPSA) is 79.5 Å². The normalized spacial score (nSPS) is 13.9. The number of carboxylic acid groups (broad SMARTS) is 1. The first-order valence-electron chi connectivity index (χ1n) is 6.53. The molecule has 0 spiro atoms. The SMILES string of the molecule is CCC(C)(NC(=O)c1oc2c(Cl)cccc2c1C)C(=O)O. The Balaban J connectivity index is 2.43. The summed E-state index contributed by atoms with van der Waals surface area (Å²) in [5.74, 6) is -1.57. The second kappa shape index (κ2) is 5.41. The molecule has 5 nitrogen and oxygen atoms in total. The third kappa shape index (κ3) is 2.61. The number of carboxylic acids is 1. The highest BCUT2D eigenvalue weighted by molar-refractivity contribution is 6.35. The summed E-state index contributed by atoms with van der Waals surface area (Å²) in [7, 11) is 0. The number of hydrogen-bond donors (Lipinski definition) is 2. The van der Waals surface area contributed by atoms with Crippen LogP contribution in [0.1, 0.15) is 36.4 Å². The Bertz CT molecular complexity index is 722. The highest BCUT2D eigenvalue weighted by Gasteiger charge is 2.34. The van der Waals surface area contributed by atoms with Crippen molar-refractivity contribution in [1.82, 2.24) is 5.32 Å². The minimum atomic E-state index is -1.34. The number of halogens is 1. The molecule has 112 valence electrons. The number of rotatable bonds is 4. The maximum Gasteiger partial charge on any atom is 0.329 e. The summed E-state index contributed by atoms with van der Waals surface area (Å²) in [6.07, 6.45) is 0.258. The van der Waals surface area contributed by atoms with Gasteiger partial charge in [-0.05, 0) is 26.3 Å². The number of aliphatic carboxylic acids is 1. The number of para-hydroxylation sites is 1. The van der Waals surface area contributed by atoms with Crippen LogP contribution in [0.25, 0.3) is 11.0 Å². The summed E-state index contributed by atoms with van der Waals surface area (Å²) in [4.78, 5) is 23.6. The maximum atomic E-state index is 12.3. The number of nitrogens with one attached hydrogen (secondary N) is 1. The van der Waals surface area contributed by atoms with Crippen LogP contribution in [-0.4, -0.2) is 22.5 Å². The van der Waals surface area contributed by atoms with Gasteiger partial charge in [-0.2, -0.15) is 0 Å². The van der Waals surface area contributed by atoms with Crippen LogP contribution in [0.5, 0.6) is 0 Å². The van der Waals surface area contributed by atoms with E-state index in [2.05, 4.69) is 5.32 Å². The quantitative estimate of drug-likeness (QED) is 0.907. The van der Waals surface area contributed by atoms with Crippen molar-refractivity contribution in [2.45, 2.75) is 32.7 Å². The first-order valence-corrected chi connectivity index (χ1v) is 6.91. The molecular weight excluding hydrogens is 294 g/mol. The second-order valence-corrected chi connectivity index (χ2v) is 5.52. The van der Waals surface area contributed by atoms with E-state index < -0.39 is 17.4 Å². The van der Waals surface area contributed by atoms with Gasteiger partial charge in [-0.15, -0.1) is 0 Å². The van der Waals surface area contributed by atoms with Crippen molar-refractivity contribution in [3.8, 4) is 0 Å². The third-order valence-electron chi connectivity index (χ3n) is 3.69. The van der Waals surface area contributed by atoms with E-state index in [1.807, 2.05) is 0 Å². The average molecular weight is 310 g/mol. The summed E-state index contributed by atoms with van der Waals surface area (Å²) in [5.41, 5.74) is -0.282. The first kappa shape index (κ1) is 15.4. The number of fused-ring (bicyclic) bond motifs is 1. The van der Waals surface area contributed by atoms with E-state index in [9.17, 15) is 14.7 Å². The molecule has 2 N–H and O–H groups in total.